The molecule has 1 aromatic carbocycles. The highest BCUT2D eigenvalue weighted by Crippen LogP contribution is 2.02. The zero-order valence-corrected chi connectivity index (χ0v) is 8.61. The monoisotopic (exact) mass is 189 g/mol. The first-order chi connectivity index (χ1) is 6.83. The Bertz CT molecular complexity index is 287. The average molecular weight is 189 g/mol. The maximum atomic E-state index is 8.42. The third kappa shape index (κ3) is 4.06. The van der Waals surface area contributed by atoms with Crippen LogP contribution in [0, 0.1) is 11.3 Å². The maximum absolute atomic E-state index is 8.42. The summed E-state index contributed by atoms with van der Waals surface area (Å²) in [6.07, 6.45) is 2.23. The van der Waals surface area contributed by atoms with Crippen molar-refractivity contribution in [3.8, 4) is 6.07 Å². The number of rotatable bonds is 5. The van der Waals surface area contributed by atoms with Crippen LogP contribution in [0.15, 0.2) is 30.3 Å². The van der Waals surface area contributed by atoms with Crippen molar-refractivity contribution in [1.82, 2.24) is 0 Å². The zero-order valence-electron chi connectivity index (χ0n) is 8.61. The predicted octanol–water partition coefficient (Wildman–Crippen LogP) is 1.09. The van der Waals surface area contributed by atoms with Crippen LogP contribution in [0.4, 0.5) is 0 Å². The molecule has 0 saturated heterocycles. The first-order valence-corrected chi connectivity index (χ1v) is 5.07. The fourth-order valence-electron chi connectivity index (χ4n) is 1.41. The minimum Gasteiger partial charge on any atom is -0.332 e. The molecule has 0 aromatic heterocycles. The SMILES string of the molecule is C[C@@H](CCc1ccccc1)[NH2+]CC#N. The quantitative estimate of drug-likeness (QED) is 0.692. The fraction of sp³-hybridized carbons (Fsp3) is 0.417. The van der Waals surface area contributed by atoms with Crippen molar-refractivity contribution in [2.45, 2.75) is 25.8 Å². The summed E-state index contributed by atoms with van der Waals surface area (Å²) in [7, 11) is 0. The van der Waals surface area contributed by atoms with Gasteiger partial charge in [-0.25, -0.2) is 0 Å². The Kier molecular flexibility index (Phi) is 4.74. The summed E-state index contributed by atoms with van der Waals surface area (Å²) >= 11 is 0. The van der Waals surface area contributed by atoms with E-state index < -0.39 is 0 Å². The molecule has 1 atom stereocenters. The van der Waals surface area contributed by atoms with E-state index in [1.165, 1.54) is 5.56 Å². The molecule has 0 saturated carbocycles. The van der Waals surface area contributed by atoms with Crippen LogP contribution in [0.1, 0.15) is 18.9 Å². The van der Waals surface area contributed by atoms with Gasteiger partial charge in [-0.1, -0.05) is 30.3 Å². The van der Waals surface area contributed by atoms with E-state index in [1.54, 1.807) is 0 Å². The average Bonchev–Trinajstić information content (AvgIpc) is 2.25. The Morgan fingerprint density at radius 2 is 2.07 bits per heavy atom. The fourth-order valence-corrected chi connectivity index (χ4v) is 1.41. The van der Waals surface area contributed by atoms with Crippen LogP contribution >= 0.6 is 0 Å². The number of nitrogens with zero attached hydrogens (tertiary/aromatic N) is 1. The van der Waals surface area contributed by atoms with Crippen molar-refractivity contribution in [2.24, 2.45) is 0 Å². The van der Waals surface area contributed by atoms with Gasteiger partial charge in [0, 0.05) is 6.42 Å². The zero-order chi connectivity index (χ0) is 10.2. The Balaban J connectivity index is 2.24. The van der Waals surface area contributed by atoms with Gasteiger partial charge >= 0.3 is 0 Å². The maximum Gasteiger partial charge on any atom is 0.163 e. The summed E-state index contributed by atoms with van der Waals surface area (Å²) in [5, 5.41) is 10.5. The Morgan fingerprint density at radius 1 is 1.36 bits per heavy atom. The van der Waals surface area contributed by atoms with E-state index in [1.807, 2.05) is 6.07 Å². The van der Waals surface area contributed by atoms with Gasteiger partial charge in [0.15, 0.2) is 6.54 Å². The van der Waals surface area contributed by atoms with E-state index in [0.717, 1.165) is 12.8 Å². The minimum absolute atomic E-state index is 0.537. The smallest absolute Gasteiger partial charge is 0.163 e. The van der Waals surface area contributed by atoms with Crippen molar-refractivity contribution in [1.29, 1.82) is 5.26 Å². The Labute approximate surface area is 85.6 Å². The summed E-state index contributed by atoms with van der Waals surface area (Å²) in [6, 6.07) is 13.2. The largest absolute Gasteiger partial charge is 0.332 e. The van der Waals surface area contributed by atoms with Crippen LogP contribution in [-0.4, -0.2) is 12.6 Å². The number of hydrogen-bond acceptors (Lipinski definition) is 1. The van der Waals surface area contributed by atoms with E-state index in [0.29, 0.717) is 12.6 Å². The van der Waals surface area contributed by atoms with Crippen LogP contribution < -0.4 is 5.32 Å². The predicted molar refractivity (Wildman–Crippen MR) is 56.6 cm³/mol. The molecule has 0 bridgehead atoms. The third-order valence-corrected chi connectivity index (χ3v) is 2.34. The summed E-state index contributed by atoms with van der Waals surface area (Å²) in [4.78, 5) is 0. The summed E-state index contributed by atoms with van der Waals surface area (Å²) < 4.78 is 0. The number of benzene rings is 1. The number of nitriles is 1. The minimum atomic E-state index is 0.537. The van der Waals surface area contributed by atoms with Gasteiger partial charge in [0.1, 0.15) is 6.07 Å². The van der Waals surface area contributed by atoms with Crippen LogP contribution in [0.5, 0.6) is 0 Å². The van der Waals surface area contributed by atoms with Gasteiger partial charge in [0.25, 0.3) is 0 Å². The molecule has 0 fully saturated rings. The van der Waals surface area contributed by atoms with Crippen LogP contribution in [0.3, 0.4) is 0 Å². The van der Waals surface area contributed by atoms with E-state index in [4.69, 9.17) is 5.26 Å². The molecule has 14 heavy (non-hydrogen) atoms. The van der Waals surface area contributed by atoms with Crippen LogP contribution in [0.2, 0.25) is 0 Å². The Hall–Kier alpha value is -1.33. The van der Waals surface area contributed by atoms with E-state index >= 15 is 0 Å². The van der Waals surface area contributed by atoms with Crippen molar-refractivity contribution in [3.63, 3.8) is 0 Å². The molecule has 0 aliphatic rings. The molecule has 0 aliphatic heterocycles. The number of aryl methyl sites for hydroxylation is 1. The van der Waals surface area contributed by atoms with Gasteiger partial charge in [-0.2, -0.15) is 5.26 Å². The van der Waals surface area contributed by atoms with Crippen LogP contribution in [0.25, 0.3) is 0 Å². The molecule has 1 aromatic rings. The van der Waals surface area contributed by atoms with E-state index in [-0.39, 0.29) is 0 Å². The van der Waals surface area contributed by atoms with Gasteiger partial charge in [-0.15, -0.1) is 0 Å². The highest BCUT2D eigenvalue weighted by atomic mass is 14.9. The van der Waals surface area contributed by atoms with Gasteiger partial charge in [0.2, 0.25) is 0 Å². The van der Waals surface area contributed by atoms with Crippen molar-refractivity contribution in [3.05, 3.63) is 35.9 Å². The molecule has 2 N–H and O–H groups in total. The standard InChI is InChI=1S/C12H16N2/c1-11(14-10-9-13)7-8-12-5-3-2-4-6-12/h2-6,11,14H,7-8,10H2,1H3/p+1/t11-/m0/s1. The van der Waals surface area contributed by atoms with E-state index in [9.17, 15) is 0 Å². The summed E-state index contributed by atoms with van der Waals surface area (Å²) in [5.41, 5.74) is 1.38. The van der Waals surface area contributed by atoms with Crippen LogP contribution in [-0.2, 0) is 6.42 Å². The van der Waals surface area contributed by atoms with Crippen molar-refractivity contribution < 1.29 is 5.32 Å². The molecule has 2 heteroatoms. The van der Waals surface area contributed by atoms with Gasteiger partial charge in [-0.05, 0) is 18.9 Å². The molecule has 1 rings (SSSR count). The van der Waals surface area contributed by atoms with Crippen molar-refractivity contribution in [2.75, 3.05) is 6.54 Å². The van der Waals surface area contributed by atoms with E-state index in [2.05, 4.69) is 42.6 Å². The summed E-state index contributed by atoms with van der Waals surface area (Å²) in [5.74, 6) is 0. The topological polar surface area (TPSA) is 40.4 Å². The molecule has 0 spiro atoms. The first-order valence-electron chi connectivity index (χ1n) is 5.07. The lowest BCUT2D eigenvalue weighted by Crippen LogP contribution is -2.89. The molecule has 0 unspecified atom stereocenters. The number of quaternary nitrogens is 1. The second-order valence-corrected chi connectivity index (χ2v) is 3.60. The van der Waals surface area contributed by atoms with Gasteiger partial charge in [-0.3, -0.25) is 0 Å². The molecule has 0 heterocycles. The van der Waals surface area contributed by atoms with Gasteiger partial charge < -0.3 is 5.32 Å². The Morgan fingerprint density at radius 3 is 2.71 bits per heavy atom. The lowest BCUT2D eigenvalue weighted by atomic mass is 10.1. The lowest BCUT2D eigenvalue weighted by molar-refractivity contribution is -0.676. The van der Waals surface area contributed by atoms with Gasteiger partial charge in [0.05, 0.1) is 6.04 Å². The molecule has 2 nitrogen and oxygen atoms in total. The number of nitrogens with two attached hydrogens (primary N) is 1. The molecular formula is C12H17N2+. The molecule has 0 amide bonds. The highest BCUT2D eigenvalue weighted by molar-refractivity contribution is 5.14. The third-order valence-electron chi connectivity index (χ3n) is 2.34. The molecule has 0 aliphatic carbocycles. The van der Waals surface area contributed by atoms with Crippen molar-refractivity contribution >= 4 is 0 Å². The lowest BCUT2D eigenvalue weighted by Gasteiger charge is -2.07. The molecular weight excluding hydrogens is 172 g/mol. The first kappa shape index (κ1) is 10.7. The molecule has 0 radical (unpaired) electrons. The highest BCUT2D eigenvalue weighted by Gasteiger charge is 2.03. The summed E-state index contributed by atoms with van der Waals surface area (Å²) in [6.45, 7) is 2.73. The second-order valence-electron chi connectivity index (χ2n) is 3.60. The molecule has 74 valence electrons. The normalized spacial score (nSPS) is 12.0. The number of hydrogen-bond donors (Lipinski definition) is 1. The second kappa shape index (κ2) is 6.17.